The van der Waals surface area contributed by atoms with Crippen LogP contribution in [-0.2, 0) is 20.3 Å². The van der Waals surface area contributed by atoms with Crippen molar-refractivity contribution in [1.82, 2.24) is 0 Å². The van der Waals surface area contributed by atoms with Crippen molar-refractivity contribution >= 4 is 39.1 Å². The first-order chi connectivity index (χ1) is 13.1. The molecule has 0 radical (unpaired) electrons. The van der Waals surface area contributed by atoms with Gasteiger partial charge in [0.1, 0.15) is 0 Å². The zero-order chi connectivity index (χ0) is 19.2. The molecule has 0 saturated heterocycles. The van der Waals surface area contributed by atoms with Crippen molar-refractivity contribution < 1.29 is 18.5 Å². The molecular weight excluding hydrogens is 362 g/mol. The van der Waals surface area contributed by atoms with E-state index in [1.54, 1.807) is 37.3 Å². The smallest absolute Gasteiger partial charge is 0.339 e. The summed E-state index contributed by atoms with van der Waals surface area (Å²) in [5, 5.41) is 4.67. The lowest BCUT2D eigenvalue weighted by molar-refractivity contribution is -0.119. The highest BCUT2D eigenvalue weighted by Crippen LogP contribution is 2.23. The lowest BCUT2D eigenvalue weighted by atomic mass is 10.1. The molecule has 1 atom stereocenters. The first-order valence-corrected chi connectivity index (χ1v) is 9.84. The maximum Gasteiger partial charge on any atom is 0.339 e. The van der Waals surface area contributed by atoms with Gasteiger partial charge in [-0.2, -0.15) is 0 Å². The average Bonchev–Trinajstić information content (AvgIpc) is 2.71. The first-order valence-electron chi connectivity index (χ1n) is 8.52. The number of anilines is 1. The van der Waals surface area contributed by atoms with Crippen molar-refractivity contribution in [3.63, 3.8) is 0 Å². The molecule has 5 nitrogen and oxygen atoms in total. The summed E-state index contributed by atoms with van der Waals surface area (Å²) in [6.07, 6.45) is 0. The number of fused-ring (bicyclic) bond motifs is 1. The van der Waals surface area contributed by atoms with Crippen molar-refractivity contribution in [2.75, 3.05) is 17.7 Å². The number of rotatable bonds is 6. The summed E-state index contributed by atoms with van der Waals surface area (Å²) in [4.78, 5) is 25.0. The summed E-state index contributed by atoms with van der Waals surface area (Å²) in [6.45, 7) is 1.35. The van der Waals surface area contributed by atoms with Crippen molar-refractivity contribution in [3.05, 3.63) is 72.3 Å². The molecule has 6 heteroatoms. The minimum Gasteiger partial charge on any atom is -0.452 e. The summed E-state index contributed by atoms with van der Waals surface area (Å²) in [7, 11) is -1.29. The fourth-order valence-electron chi connectivity index (χ4n) is 2.72. The minimum atomic E-state index is -1.29. The van der Waals surface area contributed by atoms with Crippen LogP contribution in [0.3, 0.4) is 0 Å². The van der Waals surface area contributed by atoms with Gasteiger partial charge in [-0.3, -0.25) is 9.00 Å². The first kappa shape index (κ1) is 18.8. The van der Waals surface area contributed by atoms with Crippen molar-refractivity contribution in [1.29, 1.82) is 0 Å². The van der Waals surface area contributed by atoms with Gasteiger partial charge in [0.05, 0.1) is 21.3 Å². The van der Waals surface area contributed by atoms with Gasteiger partial charge in [0, 0.05) is 16.8 Å². The summed E-state index contributed by atoms with van der Waals surface area (Å²) >= 11 is 0. The summed E-state index contributed by atoms with van der Waals surface area (Å²) in [6, 6.07) is 19.8. The molecule has 0 bridgehead atoms. The molecule has 0 heterocycles. The second-order valence-electron chi connectivity index (χ2n) is 5.78. The number of carbonyl (C=O) groups excluding carboxylic acids is 2. The van der Waals surface area contributed by atoms with Crippen LogP contribution in [-0.4, -0.2) is 28.4 Å². The van der Waals surface area contributed by atoms with Gasteiger partial charge in [-0.1, -0.05) is 55.5 Å². The van der Waals surface area contributed by atoms with Gasteiger partial charge in [0.2, 0.25) is 0 Å². The van der Waals surface area contributed by atoms with Crippen molar-refractivity contribution in [3.8, 4) is 0 Å². The molecule has 1 N–H and O–H groups in total. The normalized spacial score (nSPS) is 11.7. The number of ether oxygens (including phenoxy) is 1. The number of carbonyl (C=O) groups is 2. The van der Waals surface area contributed by atoms with E-state index in [4.69, 9.17) is 4.74 Å². The van der Waals surface area contributed by atoms with Gasteiger partial charge in [0.25, 0.3) is 5.91 Å². The Labute approximate surface area is 159 Å². The zero-order valence-corrected chi connectivity index (χ0v) is 15.6. The largest absolute Gasteiger partial charge is 0.452 e. The highest BCUT2D eigenvalue weighted by molar-refractivity contribution is 7.85. The Morgan fingerprint density at radius 2 is 1.67 bits per heavy atom. The Morgan fingerprint density at radius 3 is 2.48 bits per heavy atom. The van der Waals surface area contributed by atoms with Gasteiger partial charge in [-0.25, -0.2) is 4.79 Å². The topological polar surface area (TPSA) is 72.5 Å². The average molecular weight is 381 g/mol. The third kappa shape index (κ3) is 4.41. The van der Waals surface area contributed by atoms with Crippen LogP contribution in [0.5, 0.6) is 0 Å². The molecule has 0 fully saturated rings. The van der Waals surface area contributed by atoms with Crippen LogP contribution in [0.15, 0.2) is 71.6 Å². The van der Waals surface area contributed by atoms with E-state index >= 15 is 0 Å². The Kier molecular flexibility index (Phi) is 5.98. The quantitative estimate of drug-likeness (QED) is 0.660. The molecule has 27 heavy (non-hydrogen) atoms. The van der Waals surface area contributed by atoms with Crippen LogP contribution in [0, 0.1) is 0 Å². The number of hydrogen-bond acceptors (Lipinski definition) is 4. The van der Waals surface area contributed by atoms with E-state index in [0.29, 0.717) is 16.3 Å². The Hall–Kier alpha value is -2.99. The van der Waals surface area contributed by atoms with Crippen LogP contribution in [0.25, 0.3) is 10.8 Å². The van der Waals surface area contributed by atoms with Crippen LogP contribution in [0.2, 0.25) is 0 Å². The number of nitrogens with one attached hydrogen (secondary N) is 1. The highest BCUT2D eigenvalue weighted by Gasteiger charge is 2.17. The Morgan fingerprint density at radius 1 is 0.963 bits per heavy atom. The van der Waals surface area contributed by atoms with E-state index in [9.17, 15) is 13.8 Å². The maximum atomic E-state index is 12.3. The van der Waals surface area contributed by atoms with E-state index in [0.717, 1.165) is 10.8 Å². The van der Waals surface area contributed by atoms with E-state index in [2.05, 4.69) is 5.32 Å². The molecule has 3 rings (SSSR count). The molecular formula is C21H19NO4S. The third-order valence-corrected chi connectivity index (χ3v) is 5.38. The van der Waals surface area contributed by atoms with Crippen molar-refractivity contribution in [2.24, 2.45) is 0 Å². The number of esters is 1. The fraction of sp³-hybridized carbons (Fsp3) is 0.143. The van der Waals surface area contributed by atoms with Crippen LogP contribution in [0.1, 0.15) is 17.3 Å². The predicted molar refractivity (Wildman–Crippen MR) is 106 cm³/mol. The third-order valence-electron chi connectivity index (χ3n) is 4.01. The molecule has 0 saturated carbocycles. The summed E-state index contributed by atoms with van der Waals surface area (Å²) < 4.78 is 17.2. The van der Waals surface area contributed by atoms with Crippen LogP contribution < -0.4 is 5.32 Å². The molecule has 0 aliphatic carbocycles. The van der Waals surface area contributed by atoms with Gasteiger partial charge < -0.3 is 10.1 Å². The van der Waals surface area contributed by atoms with Gasteiger partial charge in [0.15, 0.2) is 6.61 Å². The molecule has 1 amide bonds. The lowest BCUT2D eigenvalue weighted by Gasteiger charge is -2.10. The van der Waals surface area contributed by atoms with Crippen molar-refractivity contribution in [2.45, 2.75) is 11.8 Å². The molecule has 0 aliphatic heterocycles. The maximum absolute atomic E-state index is 12.3. The van der Waals surface area contributed by atoms with E-state index < -0.39 is 29.3 Å². The Bertz CT molecular complexity index is 1010. The van der Waals surface area contributed by atoms with Gasteiger partial charge in [-0.15, -0.1) is 0 Å². The molecule has 0 spiro atoms. The number of hydrogen-bond donors (Lipinski definition) is 1. The minimum absolute atomic E-state index is 0.218. The van der Waals surface area contributed by atoms with E-state index in [1.165, 1.54) is 0 Å². The van der Waals surface area contributed by atoms with E-state index in [1.807, 2.05) is 36.4 Å². The molecule has 0 aliphatic rings. The monoisotopic (exact) mass is 381 g/mol. The lowest BCUT2D eigenvalue weighted by Crippen LogP contribution is -2.21. The van der Waals surface area contributed by atoms with Gasteiger partial charge in [-0.05, 0) is 23.6 Å². The highest BCUT2D eigenvalue weighted by atomic mass is 32.2. The second-order valence-corrected chi connectivity index (χ2v) is 7.49. The van der Waals surface area contributed by atoms with Gasteiger partial charge >= 0.3 is 5.97 Å². The second kappa shape index (κ2) is 8.60. The summed E-state index contributed by atoms with van der Waals surface area (Å²) in [5.74, 6) is -0.708. The standard InChI is InChI=1S/C21H19NO4S/c1-2-27(25)19-13-6-5-11-17(19)21(24)26-14-20(23)22-18-12-7-9-15-8-3-4-10-16(15)18/h3-13H,2,14H2,1H3,(H,22,23)/t27-/m0/s1. The molecule has 0 unspecified atom stereocenters. The van der Waals surface area contributed by atoms with Crippen LogP contribution in [0.4, 0.5) is 5.69 Å². The molecule has 138 valence electrons. The number of amides is 1. The fourth-order valence-corrected chi connectivity index (χ4v) is 3.66. The van der Waals surface area contributed by atoms with Crippen LogP contribution >= 0.6 is 0 Å². The molecule has 3 aromatic rings. The number of benzene rings is 3. The zero-order valence-electron chi connectivity index (χ0n) is 14.8. The Balaban J connectivity index is 1.68. The summed E-state index contributed by atoms with van der Waals surface area (Å²) in [5.41, 5.74) is 0.872. The molecule has 0 aromatic heterocycles. The van der Waals surface area contributed by atoms with E-state index in [-0.39, 0.29) is 5.56 Å². The molecule has 3 aromatic carbocycles. The SMILES string of the molecule is CC[S@](=O)c1ccccc1C(=O)OCC(=O)Nc1cccc2ccccc12. The predicted octanol–water partition coefficient (Wildman–Crippen LogP) is 3.76.